The van der Waals surface area contributed by atoms with E-state index in [0.717, 1.165) is 23.4 Å². The lowest BCUT2D eigenvalue weighted by atomic mass is 9.93. The van der Waals surface area contributed by atoms with Gasteiger partial charge in [-0.3, -0.25) is 10.2 Å². The lowest BCUT2D eigenvalue weighted by Gasteiger charge is -2.22. The van der Waals surface area contributed by atoms with Gasteiger partial charge in [-0.1, -0.05) is 19.6 Å². The molecule has 0 saturated heterocycles. The number of nitrogens with zero attached hydrogens (tertiary/aromatic N) is 1. The summed E-state index contributed by atoms with van der Waals surface area (Å²) in [4.78, 5) is 11.0. The predicted molar refractivity (Wildman–Crippen MR) is 77.8 cm³/mol. The number of nitrogens with two attached hydrogens (primary N) is 1. The Morgan fingerprint density at radius 3 is 2.89 bits per heavy atom. The molecule has 100 valence electrons. The van der Waals surface area contributed by atoms with Gasteiger partial charge in [0, 0.05) is 24.1 Å². The van der Waals surface area contributed by atoms with E-state index in [9.17, 15) is 4.79 Å². The Kier molecular flexibility index (Phi) is 3.55. The lowest BCUT2D eigenvalue weighted by Crippen LogP contribution is -2.25. The van der Waals surface area contributed by atoms with E-state index in [-0.39, 0.29) is 5.91 Å². The molecule has 0 unspecified atom stereocenters. The summed E-state index contributed by atoms with van der Waals surface area (Å²) in [5, 5.41) is 7.01. The highest BCUT2D eigenvalue weighted by molar-refractivity contribution is 6.04. The predicted octanol–water partition coefficient (Wildman–Crippen LogP) is 2.07. The van der Waals surface area contributed by atoms with Crippen LogP contribution in [0.3, 0.4) is 0 Å². The van der Waals surface area contributed by atoms with Crippen LogP contribution in [0.25, 0.3) is 0 Å². The number of hydrazone groups is 1. The van der Waals surface area contributed by atoms with E-state index in [1.54, 1.807) is 6.07 Å². The average Bonchev–Trinajstić information content (AvgIpc) is 2.31. The van der Waals surface area contributed by atoms with E-state index in [2.05, 4.69) is 29.3 Å². The van der Waals surface area contributed by atoms with Gasteiger partial charge in [0.05, 0.1) is 17.1 Å². The molecule has 19 heavy (non-hydrogen) atoms. The van der Waals surface area contributed by atoms with E-state index in [4.69, 9.17) is 5.73 Å². The Morgan fingerprint density at radius 2 is 2.32 bits per heavy atom. The molecule has 0 fully saturated rings. The number of carbonyl (C=O) groups is 1. The number of benzene rings is 1. The molecule has 0 radical (unpaired) electrons. The molecular weight excluding hydrogens is 240 g/mol. The zero-order chi connectivity index (χ0) is 14.0. The number of rotatable bonds is 2. The molecule has 4 N–H and O–H groups in total. The standard InChI is InChI=1S/C14H18N4O/c1-8-6-9(2)17-18-14(8)11-4-5-13(12(15)7-11)16-10(3)19/h4-5,7-8,17H,2,6,15H2,1,3H3,(H,16,19)/t8-/m1/s1. The highest BCUT2D eigenvalue weighted by atomic mass is 16.1. The zero-order valence-electron chi connectivity index (χ0n) is 11.2. The van der Waals surface area contributed by atoms with Crippen LogP contribution < -0.4 is 16.5 Å². The first-order valence-electron chi connectivity index (χ1n) is 6.16. The fraction of sp³-hybridized carbons (Fsp3) is 0.286. The van der Waals surface area contributed by atoms with Crippen LogP contribution >= 0.6 is 0 Å². The topological polar surface area (TPSA) is 79.5 Å². The van der Waals surface area contributed by atoms with Crippen molar-refractivity contribution in [2.45, 2.75) is 20.3 Å². The maximum absolute atomic E-state index is 11.0. The fourth-order valence-electron chi connectivity index (χ4n) is 2.14. The summed E-state index contributed by atoms with van der Waals surface area (Å²) in [6, 6.07) is 5.54. The number of nitrogen functional groups attached to an aromatic ring is 1. The summed E-state index contributed by atoms with van der Waals surface area (Å²) in [6.45, 7) is 7.42. The number of allylic oxidation sites excluding steroid dienone is 1. The van der Waals surface area contributed by atoms with Crippen molar-refractivity contribution in [3.05, 3.63) is 36.0 Å². The summed E-state index contributed by atoms with van der Waals surface area (Å²) in [5.74, 6) is 0.153. The summed E-state index contributed by atoms with van der Waals surface area (Å²) < 4.78 is 0. The Bertz CT molecular complexity index is 563. The van der Waals surface area contributed by atoms with Crippen LogP contribution in [0.2, 0.25) is 0 Å². The maximum Gasteiger partial charge on any atom is 0.221 e. The van der Waals surface area contributed by atoms with Gasteiger partial charge in [-0.15, -0.1) is 0 Å². The van der Waals surface area contributed by atoms with E-state index in [1.165, 1.54) is 6.92 Å². The van der Waals surface area contributed by atoms with E-state index >= 15 is 0 Å². The van der Waals surface area contributed by atoms with Gasteiger partial charge in [-0.25, -0.2) is 0 Å². The molecule has 0 bridgehead atoms. The minimum absolute atomic E-state index is 0.138. The second-order valence-electron chi connectivity index (χ2n) is 4.80. The van der Waals surface area contributed by atoms with Crippen LogP contribution in [0, 0.1) is 5.92 Å². The largest absolute Gasteiger partial charge is 0.397 e. The highest BCUT2D eigenvalue weighted by Gasteiger charge is 2.19. The Morgan fingerprint density at radius 1 is 1.58 bits per heavy atom. The van der Waals surface area contributed by atoms with E-state index in [1.807, 2.05) is 12.1 Å². The molecule has 1 heterocycles. The first-order valence-corrected chi connectivity index (χ1v) is 6.16. The number of carbonyl (C=O) groups excluding carboxylic acids is 1. The average molecular weight is 258 g/mol. The summed E-state index contributed by atoms with van der Waals surface area (Å²) in [6.07, 6.45) is 0.853. The molecule has 1 aromatic rings. The van der Waals surface area contributed by atoms with Crippen molar-refractivity contribution >= 4 is 23.0 Å². The Labute approximate surface area is 112 Å². The van der Waals surface area contributed by atoms with Gasteiger partial charge < -0.3 is 11.1 Å². The minimum Gasteiger partial charge on any atom is -0.397 e. The van der Waals surface area contributed by atoms with Crippen molar-refractivity contribution in [3.63, 3.8) is 0 Å². The third-order valence-electron chi connectivity index (χ3n) is 3.01. The normalized spacial score (nSPS) is 18.5. The van der Waals surface area contributed by atoms with Crippen LogP contribution in [-0.2, 0) is 4.79 Å². The summed E-state index contributed by atoms with van der Waals surface area (Å²) >= 11 is 0. The molecule has 1 atom stereocenters. The summed E-state index contributed by atoms with van der Waals surface area (Å²) in [5.41, 5.74) is 12.8. The lowest BCUT2D eigenvalue weighted by molar-refractivity contribution is -0.114. The molecule has 0 spiro atoms. The molecular formula is C14H18N4O. The molecule has 0 aliphatic carbocycles. The second-order valence-corrected chi connectivity index (χ2v) is 4.80. The van der Waals surface area contributed by atoms with Crippen molar-refractivity contribution in [2.75, 3.05) is 11.1 Å². The first-order chi connectivity index (χ1) is 8.97. The third-order valence-corrected chi connectivity index (χ3v) is 3.01. The highest BCUT2D eigenvalue weighted by Crippen LogP contribution is 2.25. The molecule has 5 nitrogen and oxygen atoms in total. The maximum atomic E-state index is 11.0. The SMILES string of the molecule is C=C1C[C@@H](C)C(c2ccc(NC(C)=O)c(N)c2)=NN1. The van der Waals surface area contributed by atoms with Crippen molar-refractivity contribution in [1.82, 2.24) is 5.43 Å². The molecule has 2 rings (SSSR count). The zero-order valence-corrected chi connectivity index (χ0v) is 11.2. The molecule has 1 aliphatic rings. The number of anilines is 2. The Hall–Kier alpha value is -2.30. The van der Waals surface area contributed by atoms with Crippen molar-refractivity contribution in [1.29, 1.82) is 0 Å². The smallest absolute Gasteiger partial charge is 0.221 e. The van der Waals surface area contributed by atoms with Gasteiger partial charge in [-0.2, -0.15) is 5.10 Å². The van der Waals surface area contributed by atoms with Gasteiger partial charge in [0.15, 0.2) is 0 Å². The summed E-state index contributed by atoms with van der Waals surface area (Å²) in [7, 11) is 0. The fourth-order valence-corrected chi connectivity index (χ4v) is 2.14. The van der Waals surface area contributed by atoms with E-state index in [0.29, 0.717) is 17.3 Å². The quantitative estimate of drug-likeness (QED) is 0.710. The molecule has 1 amide bonds. The van der Waals surface area contributed by atoms with Crippen LogP contribution in [0.5, 0.6) is 0 Å². The Balaban J connectivity index is 2.29. The van der Waals surface area contributed by atoms with Crippen LogP contribution in [0.15, 0.2) is 35.6 Å². The van der Waals surface area contributed by atoms with Crippen LogP contribution in [-0.4, -0.2) is 11.6 Å². The van der Waals surface area contributed by atoms with Gasteiger partial charge in [0.25, 0.3) is 0 Å². The molecule has 1 aliphatic heterocycles. The monoisotopic (exact) mass is 258 g/mol. The van der Waals surface area contributed by atoms with Gasteiger partial charge in [0.1, 0.15) is 0 Å². The number of nitrogens with one attached hydrogen (secondary N) is 2. The molecule has 5 heteroatoms. The third kappa shape index (κ3) is 2.93. The van der Waals surface area contributed by atoms with Crippen molar-refractivity contribution < 1.29 is 4.79 Å². The first kappa shape index (κ1) is 13.1. The van der Waals surface area contributed by atoms with Crippen LogP contribution in [0.1, 0.15) is 25.8 Å². The van der Waals surface area contributed by atoms with Gasteiger partial charge >= 0.3 is 0 Å². The number of hydrogen-bond donors (Lipinski definition) is 3. The molecule has 0 saturated carbocycles. The van der Waals surface area contributed by atoms with Crippen molar-refractivity contribution in [2.24, 2.45) is 11.0 Å². The van der Waals surface area contributed by atoms with Crippen LogP contribution in [0.4, 0.5) is 11.4 Å². The number of amides is 1. The van der Waals surface area contributed by atoms with E-state index < -0.39 is 0 Å². The number of hydrogen-bond acceptors (Lipinski definition) is 4. The molecule has 0 aromatic heterocycles. The molecule has 1 aromatic carbocycles. The minimum atomic E-state index is -0.138. The van der Waals surface area contributed by atoms with Crippen molar-refractivity contribution in [3.8, 4) is 0 Å². The van der Waals surface area contributed by atoms with Gasteiger partial charge in [0.2, 0.25) is 5.91 Å². The van der Waals surface area contributed by atoms with Gasteiger partial charge in [-0.05, 0) is 18.6 Å². The second kappa shape index (κ2) is 5.14.